The number of carbonyl (C=O) groups excluding carboxylic acids is 1. The molecule has 1 aliphatic rings. The zero-order chi connectivity index (χ0) is 14.6. The number of piperazine rings is 1. The maximum absolute atomic E-state index is 12.1. The molecule has 0 radical (unpaired) electrons. The molecule has 0 bridgehead atoms. The zero-order valence-electron chi connectivity index (χ0n) is 12.2. The van der Waals surface area contributed by atoms with Gasteiger partial charge in [0.05, 0.1) is 0 Å². The molecule has 2 amide bonds. The molecule has 0 aromatic heterocycles. The van der Waals surface area contributed by atoms with Crippen molar-refractivity contribution in [2.24, 2.45) is 0 Å². The average Bonchev–Trinajstić information content (AvgIpc) is 2.34. The first-order valence-electron chi connectivity index (χ1n) is 6.87. The van der Waals surface area contributed by atoms with Gasteiger partial charge in [-0.25, -0.2) is 9.59 Å². The highest BCUT2D eigenvalue weighted by molar-refractivity contribution is 5.82. The highest BCUT2D eigenvalue weighted by Gasteiger charge is 2.30. The smallest absolute Gasteiger partial charge is 0.326 e. The molecule has 1 rings (SSSR count). The minimum atomic E-state index is -0.967. The summed E-state index contributed by atoms with van der Waals surface area (Å²) in [5, 5.41) is 11.7. The van der Waals surface area contributed by atoms with Crippen molar-refractivity contribution in [1.82, 2.24) is 15.1 Å². The van der Waals surface area contributed by atoms with Crippen LogP contribution in [0.15, 0.2) is 0 Å². The van der Waals surface area contributed by atoms with Crippen LogP contribution in [0.1, 0.15) is 33.6 Å². The van der Waals surface area contributed by atoms with Crippen LogP contribution >= 0.6 is 0 Å². The number of urea groups is 1. The van der Waals surface area contributed by atoms with E-state index in [0.717, 1.165) is 6.42 Å². The maximum Gasteiger partial charge on any atom is 0.326 e. The molecule has 0 spiro atoms. The van der Waals surface area contributed by atoms with Crippen LogP contribution in [-0.4, -0.2) is 65.2 Å². The van der Waals surface area contributed by atoms with E-state index in [1.54, 1.807) is 4.90 Å². The Morgan fingerprint density at radius 1 is 1.32 bits per heavy atom. The standard InChI is InChI=1S/C13H25N3O3/c1-5-6-11(12(17)18)14-13(19)16-7-9(2)15(4)10(3)8-16/h9-11H,5-8H2,1-4H3,(H,14,19)(H,17,18)/t9?,10?,11-/m1/s1. The lowest BCUT2D eigenvalue weighted by atomic mass is 10.1. The van der Waals surface area contributed by atoms with E-state index in [4.69, 9.17) is 5.11 Å². The minimum Gasteiger partial charge on any atom is -0.480 e. The molecule has 6 nitrogen and oxygen atoms in total. The SMILES string of the molecule is CCC[C@@H](NC(=O)N1CC(C)N(C)C(C)C1)C(=O)O. The van der Waals surface area contributed by atoms with Crippen molar-refractivity contribution in [3.05, 3.63) is 0 Å². The molecular formula is C13H25N3O3. The Labute approximate surface area is 114 Å². The summed E-state index contributed by atoms with van der Waals surface area (Å²) in [4.78, 5) is 27.1. The molecule has 2 N–H and O–H groups in total. The zero-order valence-corrected chi connectivity index (χ0v) is 12.2. The highest BCUT2D eigenvalue weighted by Crippen LogP contribution is 2.13. The number of hydrogen-bond acceptors (Lipinski definition) is 3. The molecular weight excluding hydrogens is 246 g/mol. The van der Waals surface area contributed by atoms with Crippen molar-refractivity contribution in [3.63, 3.8) is 0 Å². The molecule has 2 unspecified atom stereocenters. The highest BCUT2D eigenvalue weighted by atomic mass is 16.4. The lowest BCUT2D eigenvalue weighted by Gasteiger charge is -2.42. The van der Waals surface area contributed by atoms with Crippen molar-refractivity contribution < 1.29 is 14.7 Å². The van der Waals surface area contributed by atoms with E-state index in [9.17, 15) is 9.59 Å². The summed E-state index contributed by atoms with van der Waals surface area (Å²) < 4.78 is 0. The van der Waals surface area contributed by atoms with Crippen LogP contribution in [0.4, 0.5) is 4.79 Å². The second kappa shape index (κ2) is 6.75. The van der Waals surface area contributed by atoms with E-state index in [2.05, 4.69) is 24.1 Å². The molecule has 1 fully saturated rings. The van der Waals surface area contributed by atoms with Crippen molar-refractivity contribution in [1.29, 1.82) is 0 Å². The monoisotopic (exact) mass is 271 g/mol. The Morgan fingerprint density at radius 3 is 2.26 bits per heavy atom. The molecule has 3 atom stereocenters. The molecule has 1 heterocycles. The van der Waals surface area contributed by atoms with Gasteiger partial charge in [-0.3, -0.25) is 4.90 Å². The normalized spacial score (nSPS) is 26.0. The number of amides is 2. The fourth-order valence-electron chi connectivity index (χ4n) is 2.36. The maximum atomic E-state index is 12.1. The van der Waals surface area contributed by atoms with Gasteiger partial charge in [0.15, 0.2) is 0 Å². The summed E-state index contributed by atoms with van der Waals surface area (Å²) in [7, 11) is 2.04. The number of hydrogen-bond donors (Lipinski definition) is 2. The molecule has 0 aliphatic carbocycles. The van der Waals surface area contributed by atoms with Crippen molar-refractivity contribution in [2.45, 2.75) is 51.7 Å². The number of carboxylic acid groups (broad SMARTS) is 1. The molecule has 6 heteroatoms. The van der Waals surface area contributed by atoms with Crippen molar-refractivity contribution in [2.75, 3.05) is 20.1 Å². The Morgan fingerprint density at radius 2 is 1.84 bits per heavy atom. The van der Waals surface area contributed by atoms with Crippen LogP contribution in [-0.2, 0) is 4.79 Å². The number of carbonyl (C=O) groups is 2. The minimum absolute atomic E-state index is 0.271. The van der Waals surface area contributed by atoms with Gasteiger partial charge in [0.2, 0.25) is 0 Å². The predicted molar refractivity (Wildman–Crippen MR) is 73.1 cm³/mol. The van der Waals surface area contributed by atoms with E-state index < -0.39 is 12.0 Å². The number of rotatable bonds is 4. The van der Waals surface area contributed by atoms with E-state index >= 15 is 0 Å². The molecule has 1 aliphatic heterocycles. The predicted octanol–water partition coefficient (Wildman–Crippen LogP) is 0.974. The fraction of sp³-hybridized carbons (Fsp3) is 0.846. The van der Waals surface area contributed by atoms with Gasteiger partial charge in [-0.2, -0.15) is 0 Å². The molecule has 0 saturated carbocycles. The van der Waals surface area contributed by atoms with Gasteiger partial charge in [0, 0.05) is 25.2 Å². The van der Waals surface area contributed by atoms with Crippen LogP contribution in [0.25, 0.3) is 0 Å². The van der Waals surface area contributed by atoms with Gasteiger partial charge in [-0.05, 0) is 27.3 Å². The van der Waals surface area contributed by atoms with Gasteiger partial charge in [-0.1, -0.05) is 13.3 Å². The lowest BCUT2D eigenvalue weighted by Crippen LogP contribution is -2.59. The average molecular weight is 271 g/mol. The topological polar surface area (TPSA) is 72.9 Å². The first-order valence-corrected chi connectivity index (χ1v) is 6.87. The second-order valence-corrected chi connectivity index (χ2v) is 5.40. The number of carboxylic acids is 1. The van der Waals surface area contributed by atoms with Gasteiger partial charge in [0.25, 0.3) is 0 Å². The summed E-state index contributed by atoms with van der Waals surface area (Å²) in [5.74, 6) is -0.967. The largest absolute Gasteiger partial charge is 0.480 e. The Hall–Kier alpha value is -1.30. The van der Waals surface area contributed by atoms with E-state index in [1.807, 2.05) is 14.0 Å². The molecule has 0 aromatic carbocycles. The molecule has 110 valence electrons. The van der Waals surface area contributed by atoms with Gasteiger partial charge < -0.3 is 15.3 Å². The third kappa shape index (κ3) is 4.09. The first kappa shape index (κ1) is 15.8. The fourth-order valence-corrected chi connectivity index (χ4v) is 2.36. The Balaban J connectivity index is 2.60. The third-order valence-corrected chi connectivity index (χ3v) is 3.82. The van der Waals surface area contributed by atoms with Crippen LogP contribution in [0, 0.1) is 0 Å². The van der Waals surface area contributed by atoms with Crippen LogP contribution < -0.4 is 5.32 Å². The second-order valence-electron chi connectivity index (χ2n) is 5.40. The van der Waals surface area contributed by atoms with E-state index in [0.29, 0.717) is 19.5 Å². The summed E-state index contributed by atoms with van der Waals surface area (Å²) in [6.07, 6.45) is 1.19. The summed E-state index contributed by atoms with van der Waals surface area (Å²) in [6, 6.07) is -0.497. The quantitative estimate of drug-likeness (QED) is 0.799. The van der Waals surface area contributed by atoms with Crippen molar-refractivity contribution in [3.8, 4) is 0 Å². The number of aliphatic carboxylic acids is 1. The summed E-state index contributed by atoms with van der Waals surface area (Å²) in [5.41, 5.74) is 0. The number of nitrogens with zero attached hydrogens (tertiary/aromatic N) is 2. The lowest BCUT2D eigenvalue weighted by molar-refractivity contribution is -0.139. The van der Waals surface area contributed by atoms with Gasteiger partial charge in [0.1, 0.15) is 6.04 Å². The van der Waals surface area contributed by atoms with Gasteiger partial charge in [-0.15, -0.1) is 0 Å². The third-order valence-electron chi connectivity index (χ3n) is 3.82. The summed E-state index contributed by atoms with van der Waals surface area (Å²) in [6.45, 7) is 7.30. The summed E-state index contributed by atoms with van der Waals surface area (Å²) >= 11 is 0. The number of nitrogens with one attached hydrogen (secondary N) is 1. The van der Waals surface area contributed by atoms with Crippen LogP contribution in [0.3, 0.4) is 0 Å². The Bertz CT molecular complexity index is 323. The first-order chi connectivity index (χ1) is 8.86. The molecule has 0 aromatic rings. The molecule has 19 heavy (non-hydrogen) atoms. The Kier molecular flexibility index (Phi) is 5.60. The van der Waals surface area contributed by atoms with Crippen molar-refractivity contribution >= 4 is 12.0 Å². The van der Waals surface area contributed by atoms with E-state index in [-0.39, 0.29) is 18.1 Å². The van der Waals surface area contributed by atoms with Crippen LogP contribution in [0.5, 0.6) is 0 Å². The number of likely N-dealkylation sites (N-methyl/N-ethyl adjacent to an activating group) is 1. The van der Waals surface area contributed by atoms with Crippen LogP contribution in [0.2, 0.25) is 0 Å². The van der Waals surface area contributed by atoms with E-state index in [1.165, 1.54) is 0 Å². The van der Waals surface area contributed by atoms with Gasteiger partial charge >= 0.3 is 12.0 Å². The molecule has 1 saturated heterocycles.